The van der Waals surface area contributed by atoms with Gasteiger partial charge in [-0.2, -0.15) is 0 Å². The Morgan fingerprint density at radius 3 is 2.58 bits per heavy atom. The molecule has 1 aliphatic heterocycles. The zero-order valence-corrected chi connectivity index (χ0v) is 10.3. The van der Waals surface area contributed by atoms with Crippen molar-refractivity contribution in [2.24, 2.45) is 5.73 Å². The number of nitrogens with two attached hydrogens (primary N) is 2. The third-order valence-corrected chi connectivity index (χ3v) is 3.05. The van der Waals surface area contributed by atoms with E-state index < -0.39 is 11.9 Å². The van der Waals surface area contributed by atoms with Crippen molar-refractivity contribution in [2.45, 2.75) is 12.5 Å². The minimum Gasteiger partial charge on any atom is -0.397 e. The number of carbonyl (C=O) groups is 3. The summed E-state index contributed by atoms with van der Waals surface area (Å²) in [5, 5.41) is 2.90. The Morgan fingerprint density at radius 1 is 1.42 bits per heavy atom. The molecule has 1 aromatic carbocycles. The molecule has 1 aliphatic rings. The Balaban J connectivity index is 2.19. The van der Waals surface area contributed by atoms with Crippen LogP contribution in [0.2, 0.25) is 0 Å². The number of anilines is 2. The topological polar surface area (TPSA) is 119 Å². The average molecular weight is 262 g/mol. The molecule has 0 saturated carbocycles. The highest BCUT2D eigenvalue weighted by Crippen LogP contribution is 2.23. The SMILES string of the molecule is CN1C(=O)CC(Nc2ccc(C(N)=O)cc2N)C1=O. The van der Waals surface area contributed by atoms with Crippen LogP contribution in [0.1, 0.15) is 16.8 Å². The summed E-state index contributed by atoms with van der Waals surface area (Å²) in [5.74, 6) is -1.12. The van der Waals surface area contributed by atoms with Crippen LogP contribution in [-0.2, 0) is 9.59 Å². The summed E-state index contributed by atoms with van der Waals surface area (Å²) in [6.45, 7) is 0. The van der Waals surface area contributed by atoms with Gasteiger partial charge >= 0.3 is 0 Å². The van der Waals surface area contributed by atoms with Crippen LogP contribution in [0, 0.1) is 0 Å². The lowest BCUT2D eigenvalue weighted by Gasteiger charge is -2.14. The highest BCUT2D eigenvalue weighted by atomic mass is 16.2. The maximum Gasteiger partial charge on any atom is 0.251 e. The normalized spacial score (nSPS) is 18.8. The lowest BCUT2D eigenvalue weighted by atomic mass is 10.1. The van der Waals surface area contributed by atoms with Gasteiger partial charge in [0.2, 0.25) is 11.8 Å². The van der Waals surface area contributed by atoms with Gasteiger partial charge in [-0.1, -0.05) is 0 Å². The van der Waals surface area contributed by atoms with Crippen molar-refractivity contribution in [3.8, 4) is 0 Å². The number of likely N-dealkylation sites (N-methyl/N-ethyl adjacent to an activating group) is 1. The van der Waals surface area contributed by atoms with Crippen molar-refractivity contribution in [3.63, 3.8) is 0 Å². The van der Waals surface area contributed by atoms with Crippen LogP contribution in [0.5, 0.6) is 0 Å². The monoisotopic (exact) mass is 262 g/mol. The molecule has 5 N–H and O–H groups in total. The third kappa shape index (κ3) is 2.35. The lowest BCUT2D eigenvalue weighted by Crippen LogP contribution is -2.32. The van der Waals surface area contributed by atoms with E-state index in [2.05, 4.69) is 5.32 Å². The second-order valence-corrected chi connectivity index (χ2v) is 4.36. The highest BCUT2D eigenvalue weighted by molar-refractivity contribution is 6.06. The van der Waals surface area contributed by atoms with Crippen LogP contribution in [-0.4, -0.2) is 35.7 Å². The Kier molecular flexibility index (Phi) is 3.12. The number of carbonyl (C=O) groups excluding carboxylic acids is 3. The molecule has 0 bridgehead atoms. The molecule has 0 aliphatic carbocycles. The van der Waals surface area contributed by atoms with Crippen molar-refractivity contribution in [1.29, 1.82) is 0 Å². The minimum atomic E-state index is -0.626. The predicted octanol–water partition coefficient (Wildman–Crippen LogP) is -0.463. The van der Waals surface area contributed by atoms with Gasteiger partial charge in [-0.25, -0.2) is 0 Å². The highest BCUT2D eigenvalue weighted by Gasteiger charge is 2.36. The first-order valence-corrected chi connectivity index (χ1v) is 5.66. The summed E-state index contributed by atoms with van der Waals surface area (Å²) in [5.41, 5.74) is 12.0. The molecule has 3 amide bonds. The van der Waals surface area contributed by atoms with E-state index in [4.69, 9.17) is 11.5 Å². The lowest BCUT2D eigenvalue weighted by molar-refractivity contribution is -0.136. The van der Waals surface area contributed by atoms with Crippen LogP contribution in [0.25, 0.3) is 0 Å². The Bertz CT molecular complexity index is 570. The van der Waals surface area contributed by atoms with Gasteiger partial charge in [-0.3, -0.25) is 19.3 Å². The number of likely N-dealkylation sites (tertiary alicyclic amines) is 1. The second-order valence-electron chi connectivity index (χ2n) is 4.36. The van der Waals surface area contributed by atoms with Crippen LogP contribution < -0.4 is 16.8 Å². The van der Waals surface area contributed by atoms with E-state index >= 15 is 0 Å². The molecule has 1 heterocycles. The fraction of sp³-hybridized carbons (Fsp3) is 0.250. The van der Waals surface area contributed by atoms with Gasteiger partial charge < -0.3 is 16.8 Å². The Labute approximate surface area is 109 Å². The molecule has 2 rings (SSSR count). The molecule has 1 saturated heterocycles. The van der Waals surface area contributed by atoms with Crippen LogP contribution in [0.15, 0.2) is 18.2 Å². The quantitative estimate of drug-likeness (QED) is 0.503. The maximum atomic E-state index is 11.7. The first-order chi connectivity index (χ1) is 8.90. The smallest absolute Gasteiger partial charge is 0.251 e. The first-order valence-electron chi connectivity index (χ1n) is 5.66. The first kappa shape index (κ1) is 12.9. The molecule has 100 valence electrons. The molecule has 19 heavy (non-hydrogen) atoms. The van der Waals surface area contributed by atoms with Gasteiger partial charge in [0.05, 0.1) is 17.8 Å². The van der Waals surface area contributed by atoms with Crippen molar-refractivity contribution < 1.29 is 14.4 Å². The van der Waals surface area contributed by atoms with Gasteiger partial charge in [-0.05, 0) is 18.2 Å². The van der Waals surface area contributed by atoms with E-state index in [1.54, 1.807) is 6.07 Å². The zero-order chi connectivity index (χ0) is 14.2. The van der Waals surface area contributed by atoms with Crippen molar-refractivity contribution in [1.82, 2.24) is 4.90 Å². The van der Waals surface area contributed by atoms with Crippen LogP contribution in [0.4, 0.5) is 11.4 Å². The summed E-state index contributed by atoms with van der Waals surface area (Å²) < 4.78 is 0. The number of hydrogen-bond donors (Lipinski definition) is 3. The Morgan fingerprint density at radius 2 is 2.11 bits per heavy atom. The number of nitrogen functional groups attached to an aromatic ring is 1. The van der Waals surface area contributed by atoms with Crippen LogP contribution in [0.3, 0.4) is 0 Å². The number of amides is 3. The molecule has 1 atom stereocenters. The standard InChI is InChI=1S/C12H14N4O3/c1-16-10(17)5-9(12(16)19)15-8-3-2-6(11(14)18)4-7(8)13/h2-4,9,15H,5,13H2,1H3,(H2,14,18). The molecule has 0 aromatic heterocycles. The number of hydrogen-bond acceptors (Lipinski definition) is 5. The molecule has 7 nitrogen and oxygen atoms in total. The summed E-state index contributed by atoms with van der Waals surface area (Å²) >= 11 is 0. The fourth-order valence-corrected chi connectivity index (χ4v) is 1.90. The summed E-state index contributed by atoms with van der Waals surface area (Å²) in [6, 6.07) is 3.87. The average Bonchev–Trinajstić information content (AvgIpc) is 2.59. The number of nitrogens with zero attached hydrogens (tertiary/aromatic N) is 1. The summed E-state index contributed by atoms with van der Waals surface area (Å²) in [6.07, 6.45) is 0.0896. The third-order valence-electron chi connectivity index (χ3n) is 3.05. The molecule has 0 spiro atoms. The van der Waals surface area contributed by atoms with E-state index in [0.717, 1.165) is 4.90 Å². The molecule has 1 unspecified atom stereocenters. The molecule has 1 fully saturated rings. The second kappa shape index (κ2) is 4.60. The molecular weight excluding hydrogens is 248 g/mol. The predicted molar refractivity (Wildman–Crippen MR) is 69.2 cm³/mol. The van der Waals surface area contributed by atoms with Gasteiger partial charge in [0.1, 0.15) is 6.04 Å². The van der Waals surface area contributed by atoms with Crippen molar-refractivity contribution in [2.75, 3.05) is 18.1 Å². The number of benzene rings is 1. The van der Waals surface area contributed by atoms with E-state index in [0.29, 0.717) is 11.4 Å². The number of primary amides is 1. The number of nitrogens with one attached hydrogen (secondary N) is 1. The van der Waals surface area contributed by atoms with E-state index in [1.165, 1.54) is 19.2 Å². The summed E-state index contributed by atoms with van der Waals surface area (Å²) in [7, 11) is 1.44. The largest absolute Gasteiger partial charge is 0.397 e. The van der Waals surface area contributed by atoms with Crippen LogP contribution >= 0.6 is 0 Å². The minimum absolute atomic E-state index is 0.0896. The maximum absolute atomic E-state index is 11.7. The van der Waals surface area contributed by atoms with Gasteiger partial charge in [0.25, 0.3) is 5.91 Å². The number of rotatable bonds is 3. The zero-order valence-electron chi connectivity index (χ0n) is 10.3. The fourth-order valence-electron chi connectivity index (χ4n) is 1.90. The van der Waals surface area contributed by atoms with Crippen molar-refractivity contribution in [3.05, 3.63) is 23.8 Å². The molecular formula is C12H14N4O3. The van der Waals surface area contributed by atoms with E-state index in [-0.39, 0.29) is 23.8 Å². The van der Waals surface area contributed by atoms with Gasteiger partial charge in [0.15, 0.2) is 0 Å². The Hall–Kier alpha value is -2.57. The van der Waals surface area contributed by atoms with E-state index in [1.807, 2.05) is 0 Å². The molecule has 0 radical (unpaired) electrons. The summed E-state index contributed by atoms with van der Waals surface area (Å²) in [4.78, 5) is 35.2. The van der Waals surface area contributed by atoms with E-state index in [9.17, 15) is 14.4 Å². The molecule has 7 heteroatoms. The van der Waals surface area contributed by atoms with Gasteiger partial charge in [-0.15, -0.1) is 0 Å². The van der Waals surface area contributed by atoms with Gasteiger partial charge in [0, 0.05) is 12.6 Å². The van der Waals surface area contributed by atoms with Crippen molar-refractivity contribution >= 4 is 29.1 Å². The molecule has 1 aromatic rings. The number of imide groups is 1.